The maximum atomic E-state index is 11.7. The van der Waals surface area contributed by atoms with Crippen LogP contribution in [0.25, 0.3) is 0 Å². The van der Waals surface area contributed by atoms with Crippen LogP contribution in [-0.4, -0.2) is 59.0 Å². The normalized spacial score (nSPS) is 17.2. The first kappa shape index (κ1) is 24.3. The third kappa shape index (κ3) is 7.07. The van der Waals surface area contributed by atoms with E-state index in [1.807, 2.05) is 17.5 Å². The van der Waals surface area contributed by atoms with Crippen LogP contribution in [0.15, 0.2) is 24.7 Å². The molecule has 0 spiro atoms. The molecule has 2 aromatic heterocycles. The first-order valence-corrected chi connectivity index (χ1v) is 11.4. The molecule has 0 aliphatic carbocycles. The summed E-state index contributed by atoms with van der Waals surface area (Å²) in [5.41, 5.74) is 1.13. The van der Waals surface area contributed by atoms with Crippen molar-refractivity contribution in [2.75, 3.05) is 18.8 Å². The van der Waals surface area contributed by atoms with Gasteiger partial charge in [0.2, 0.25) is 10.0 Å². The van der Waals surface area contributed by atoms with Gasteiger partial charge in [-0.3, -0.25) is 4.90 Å². The second-order valence-corrected chi connectivity index (χ2v) is 10.2. The molecule has 2 aromatic rings. The van der Waals surface area contributed by atoms with Crippen molar-refractivity contribution >= 4 is 27.3 Å². The van der Waals surface area contributed by atoms with Crippen molar-refractivity contribution in [3.63, 3.8) is 0 Å². The van der Waals surface area contributed by atoms with E-state index in [0.717, 1.165) is 25.3 Å². The van der Waals surface area contributed by atoms with E-state index in [9.17, 15) is 21.6 Å². The van der Waals surface area contributed by atoms with Crippen molar-refractivity contribution in [1.82, 2.24) is 19.2 Å². The van der Waals surface area contributed by atoms with E-state index in [2.05, 4.69) is 38.2 Å². The highest BCUT2D eigenvalue weighted by atomic mass is 32.2. The zero-order valence-electron chi connectivity index (χ0n) is 16.4. The number of carboxylic acid groups (broad SMARTS) is 1. The second-order valence-electron chi connectivity index (χ2n) is 6.68. The third-order valence-electron chi connectivity index (χ3n) is 4.33. The number of aromatic nitrogens is 2. The van der Waals surface area contributed by atoms with E-state index in [0.29, 0.717) is 6.54 Å². The van der Waals surface area contributed by atoms with Crippen molar-refractivity contribution in [2.45, 2.75) is 39.2 Å². The van der Waals surface area contributed by atoms with Gasteiger partial charge >= 0.3 is 12.1 Å². The first-order chi connectivity index (χ1) is 13.9. The summed E-state index contributed by atoms with van der Waals surface area (Å²) in [6.45, 7) is 6.71. The van der Waals surface area contributed by atoms with Gasteiger partial charge < -0.3 is 9.67 Å². The smallest absolute Gasteiger partial charge is 0.475 e. The molecule has 0 saturated heterocycles. The molecule has 1 atom stereocenters. The van der Waals surface area contributed by atoms with Gasteiger partial charge in [-0.1, -0.05) is 0 Å². The number of carboxylic acids is 1. The Kier molecular flexibility index (Phi) is 8.02. The Bertz CT molecular complexity index is 956. The molecule has 0 radical (unpaired) electrons. The average Bonchev–Trinajstić information content (AvgIpc) is 3.28. The fourth-order valence-electron chi connectivity index (χ4n) is 2.86. The number of imidazole rings is 1. The number of halogens is 3. The van der Waals surface area contributed by atoms with Crippen LogP contribution in [-0.2, 0) is 27.9 Å². The standard InChI is InChI=1S/C15H22N4O2S2.C2HF3O2/c1-3-23(20,21)17-7-14-9-18(8-13-6-16-11-19(13)14)10-15-5-4-12(2)22-15;3-2(4,5)1(6)7/h4-6,11,14,17H,3,7-10H2,1-2H3;(H,6,7). The molecule has 1 aliphatic heterocycles. The van der Waals surface area contributed by atoms with E-state index in [1.54, 1.807) is 13.3 Å². The highest BCUT2D eigenvalue weighted by molar-refractivity contribution is 7.89. The zero-order valence-corrected chi connectivity index (χ0v) is 18.0. The number of nitrogens with zero attached hydrogens (tertiary/aromatic N) is 3. The van der Waals surface area contributed by atoms with Gasteiger partial charge in [-0.05, 0) is 26.0 Å². The third-order valence-corrected chi connectivity index (χ3v) is 6.68. The van der Waals surface area contributed by atoms with Gasteiger partial charge in [-0.25, -0.2) is 22.9 Å². The summed E-state index contributed by atoms with van der Waals surface area (Å²) >= 11 is 1.81. The lowest BCUT2D eigenvalue weighted by atomic mass is 10.2. The number of aliphatic carboxylic acids is 1. The number of fused-ring (bicyclic) bond motifs is 1. The molecule has 13 heteroatoms. The van der Waals surface area contributed by atoms with Crippen molar-refractivity contribution in [3.8, 4) is 0 Å². The highest BCUT2D eigenvalue weighted by Crippen LogP contribution is 2.24. The summed E-state index contributed by atoms with van der Waals surface area (Å²) in [6.07, 6.45) is -1.42. The molecular formula is C17H23F3N4O4S2. The molecule has 0 fully saturated rings. The van der Waals surface area contributed by atoms with E-state index in [-0.39, 0.29) is 11.8 Å². The lowest BCUT2D eigenvalue weighted by Gasteiger charge is -2.34. The van der Waals surface area contributed by atoms with Gasteiger partial charge in [0.05, 0.1) is 23.8 Å². The first-order valence-electron chi connectivity index (χ1n) is 8.97. The van der Waals surface area contributed by atoms with E-state index in [4.69, 9.17) is 9.90 Å². The van der Waals surface area contributed by atoms with Crippen molar-refractivity contribution < 1.29 is 31.5 Å². The Morgan fingerprint density at radius 3 is 2.60 bits per heavy atom. The topological polar surface area (TPSA) is 105 Å². The summed E-state index contributed by atoms with van der Waals surface area (Å²) < 4.78 is 60.0. The van der Waals surface area contributed by atoms with E-state index in [1.165, 1.54) is 9.75 Å². The van der Waals surface area contributed by atoms with Crippen LogP contribution in [0.5, 0.6) is 0 Å². The van der Waals surface area contributed by atoms with E-state index < -0.39 is 22.2 Å². The fourth-order valence-corrected chi connectivity index (χ4v) is 4.45. The molecule has 0 amide bonds. The van der Waals surface area contributed by atoms with Crippen LogP contribution in [0.4, 0.5) is 13.2 Å². The monoisotopic (exact) mass is 468 g/mol. The maximum Gasteiger partial charge on any atom is 0.490 e. The summed E-state index contributed by atoms with van der Waals surface area (Å²) in [6, 6.07) is 4.38. The van der Waals surface area contributed by atoms with Gasteiger partial charge in [0.15, 0.2) is 0 Å². The Balaban J connectivity index is 0.000000396. The van der Waals surface area contributed by atoms with E-state index >= 15 is 0 Å². The molecule has 0 bridgehead atoms. The van der Waals surface area contributed by atoms with Crippen LogP contribution in [0.1, 0.15) is 28.4 Å². The molecule has 3 heterocycles. The van der Waals surface area contributed by atoms with Crippen LogP contribution >= 0.6 is 11.3 Å². The average molecular weight is 469 g/mol. The Morgan fingerprint density at radius 2 is 2.07 bits per heavy atom. The fraction of sp³-hybridized carbons (Fsp3) is 0.529. The number of thiophene rings is 1. The Hall–Kier alpha value is -1.96. The Morgan fingerprint density at radius 1 is 1.40 bits per heavy atom. The van der Waals surface area contributed by atoms with Crippen molar-refractivity contribution in [3.05, 3.63) is 40.1 Å². The molecule has 1 aliphatic rings. The summed E-state index contributed by atoms with van der Waals surface area (Å²) in [5.74, 6) is -2.65. The number of aryl methyl sites for hydroxylation is 1. The number of sulfonamides is 1. The molecular weight excluding hydrogens is 445 g/mol. The molecule has 0 aromatic carbocycles. The molecule has 8 nitrogen and oxygen atoms in total. The van der Waals surface area contributed by atoms with Crippen molar-refractivity contribution in [2.24, 2.45) is 0 Å². The lowest BCUT2D eigenvalue weighted by molar-refractivity contribution is -0.192. The summed E-state index contributed by atoms with van der Waals surface area (Å²) in [5, 5.41) is 7.12. The molecule has 30 heavy (non-hydrogen) atoms. The van der Waals surface area contributed by atoms with Gasteiger partial charge in [-0.15, -0.1) is 11.3 Å². The van der Waals surface area contributed by atoms with Gasteiger partial charge in [0.25, 0.3) is 0 Å². The molecule has 3 rings (SSSR count). The van der Waals surface area contributed by atoms with Crippen LogP contribution < -0.4 is 4.72 Å². The number of rotatable bonds is 6. The van der Waals surface area contributed by atoms with Crippen molar-refractivity contribution in [1.29, 1.82) is 0 Å². The van der Waals surface area contributed by atoms with Crippen LogP contribution in [0.3, 0.4) is 0 Å². The number of alkyl halides is 3. The number of carbonyl (C=O) groups is 1. The lowest BCUT2D eigenvalue weighted by Crippen LogP contribution is -2.42. The number of nitrogens with one attached hydrogen (secondary N) is 1. The van der Waals surface area contributed by atoms with Gasteiger partial charge in [-0.2, -0.15) is 13.2 Å². The minimum Gasteiger partial charge on any atom is -0.475 e. The minimum atomic E-state index is -5.08. The maximum absolute atomic E-state index is 11.7. The van der Waals surface area contributed by atoms with Crippen LogP contribution in [0.2, 0.25) is 0 Å². The summed E-state index contributed by atoms with van der Waals surface area (Å²) in [4.78, 5) is 18.1. The molecule has 2 N–H and O–H groups in total. The molecule has 1 unspecified atom stereocenters. The number of hydrogen-bond acceptors (Lipinski definition) is 6. The second kappa shape index (κ2) is 9.90. The number of hydrogen-bond donors (Lipinski definition) is 2. The van der Waals surface area contributed by atoms with Crippen LogP contribution in [0, 0.1) is 6.92 Å². The minimum absolute atomic E-state index is 0.0728. The predicted octanol–water partition coefficient (Wildman–Crippen LogP) is 2.38. The Labute approximate surface area is 176 Å². The summed E-state index contributed by atoms with van der Waals surface area (Å²) in [7, 11) is -3.18. The zero-order chi connectivity index (χ0) is 22.5. The molecule has 168 valence electrons. The largest absolute Gasteiger partial charge is 0.490 e. The van der Waals surface area contributed by atoms with Gasteiger partial charge in [0.1, 0.15) is 0 Å². The highest BCUT2D eigenvalue weighted by Gasteiger charge is 2.38. The SMILES string of the molecule is CCS(=O)(=O)NCC1CN(Cc2ccc(C)s2)Cc2cncn21.O=C(O)C(F)(F)F. The molecule has 0 saturated carbocycles. The quantitative estimate of drug-likeness (QED) is 0.675. The van der Waals surface area contributed by atoms with Gasteiger partial charge in [0, 0.05) is 42.1 Å². The predicted molar refractivity (Wildman–Crippen MR) is 106 cm³/mol.